The molecular formula is C22H30N6OS. The Balaban J connectivity index is 1.96. The van der Waals surface area contributed by atoms with Gasteiger partial charge in [0.25, 0.3) is 0 Å². The van der Waals surface area contributed by atoms with Gasteiger partial charge in [-0.3, -0.25) is 4.79 Å². The van der Waals surface area contributed by atoms with Crippen LogP contribution in [0.4, 0.5) is 10.7 Å². The summed E-state index contributed by atoms with van der Waals surface area (Å²) in [7, 11) is 0. The predicted molar refractivity (Wildman–Crippen MR) is 123 cm³/mol. The number of aromatic nitrogens is 1. The Kier molecular flexibility index (Phi) is 7.29. The van der Waals surface area contributed by atoms with Crippen molar-refractivity contribution < 1.29 is 4.79 Å². The summed E-state index contributed by atoms with van der Waals surface area (Å²) in [6.07, 6.45) is 0.593. The number of hydrogen-bond acceptors (Lipinski definition) is 7. The average molecular weight is 427 g/mol. The summed E-state index contributed by atoms with van der Waals surface area (Å²) in [5.41, 5.74) is 9.83. The molecule has 0 unspecified atom stereocenters. The highest BCUT2D eigenvalue weighted by Gasteiger charge is 2.29. The Labute approximate surface area is 182 Å². The fourth-order valence-corrected chi connectivity index (χ4v) is 4.86. The van der Waals surface area contributed by atoms with Gasteiger partial charge in [0, 0.05) is 37.4 Å². The second kappa shape index (κ2) is 9.92. The summed E-state index contributed by atoms with van der Waals surface area (Å²) < 4.78 is 4.55. The van der Waals surface area contributed by atoms with Crippen LogP contribution in [0.2, 0.25) is 0 Å². The molecule has 7 nitrogen and oxygen atoms in total. The molecule has 1 fully saturated rings. The highest BCUT2D eigenvalue weighted by molar-refractivity contribution is 7.11. The van der Waals surface area contributed by atoms with E-state index in [1.807, 2.05) is 25.7 Å². The third kappa shape index (κ3) is 4.91. The summed E-state index contributed by atoms with van der Waals surface area (Å²) >= 11 is 1.32. The monoisotopic (exact) mass is 426 g/mol. The highest BCUT2D eigenvalue weighted by Crippen LogP contribution is 2.39. The predicted octanol–water partition coefficient (Wildman–Crippen LogP) is 2.76. The first kappa shape index (κ1) is 22.1. The van der Waals surface area contributed by atoms with E-state index >= 15 is 0 Å². The van der Waals surface area contributed by atoms with Crippen LogP contribution in [0.3, 0.4) is 0 Å². The van der Waals surface area contributed by atoms with E-state index in [1.165, 1.54) is 17.2 Å². The van der Waals surface area contributed by atoms with Crippen LogP contribution in [-0.2, 0) is 4.79 Å². The number of nitrogens with zero attached hydrogens (tertiary/aromatic N) is 4. The van der Waals surface area contributed by atoms with Gasteiger partial charge in [-0.2, -0.15) is 9.64 Å². The Morgan fingerprint density at radius 1 is 1.33 bits per heavy atom. The number of nitriles is 1. The molecule has 0 spiro atoms. The van der Waals surface area contributed by atoms with Crippen LogP contribution < -0.4 is 20.9 Å². The number of aryl methyl sites for hydroxylation is 1. The first-order valence-electron chi connectivity index (χ1n) is 10.4. The van der Waals surface area contributed by atoms with E-state index in [-0.39, 0.29) is 12.5 Å². The SMILES string of the molecule is Cc1nsc(N(CC#N)[C@@H](CC(C)C)C(N)=O)c1-c1ccc(N2CCNCC2)cc1. The molecule has 1 atom stereocenters. The Bertz CT molecular complexity index is 895. The van der Waals surface area contributed by atoms with Crippen LogP contribution in [0, 0.1) is 24.2 Å². The molecule has 2 aromatic rings. The zero-order chi connectivity index (χ0) is 21.7. The molecule has 3 rings (SSSR count). The molecule has 1 aromatic heterocycles. The molecule has 1 aliphatic heterocycles. The van der Waals surface area contributed by atoms with Crippen molar-refractivity contribution in [1.29, 1.82) is 5.26 Å². The first-order chi connectivity index (χ1) is 14.4. The zero-order valence-electron chi connectivity index (χ0n) is 17.9. The lowest BCUT2D eigenvalue weighted by Crippen LogP contribution is -2.46. The fraction of sp³-hybridized carbons (Fsp3) is 0.500. The Hall–Kier alpha value is -2.63. The smallest absolute Gasteiger partial charge is 0.240 e. The van der Waals surface area contributed by atoms with Crippen LogP contribution >= 0.6 is 11.5 Å². The van der Waals surface area contributed by atoms with Gasteiger partial charge in [0.1, 0.15) is 17.6 Å². The molecule has 0 saturated carbocycles. The van der Waals surface area contributed by atoms with Gasteiger partial charge in [-0.25, -0.2) is 0 Å². The van der Waals surface area contributed by atoms with E-state index < -0.39 is 11.9 Å². The minimum atomic E-state index is -0.539. The van der Waals surface area contributed by atoms with E-state index in [4.69, 9.17) is 5.73 Å². The van der Waals surface area contributed by atoms with E-state index in [0.717, 1.165) is 48.0 Å². The standard InChI is InChI=1S/C22H30N6OS/c1-15(2)14-19(21(24)29)28(11-8-23)22-20(16(3)26-30-22)17-4-6-18(7-5-17)27-12-9-25-10-13-27/h4-7,15,19,25H,9-14H2,1-3H3,(H2,24,29)/t19-/m0/s1. The van der Waals surface area contributed by atoms with Gasteiger partial charge in [-0.1, -0.05) is 26.0 Å². The highest BCUT2D eigenvalue weighted by atomic mass is 32.1. The van der Waals surface area contributed by atoms with Crippen molar-refractivity contribution in [2.24, 2.45) is 11.7 Å². The molecule has 1 amide bonds. The lowest BCUT2D eigenvalue weighted by atomic mass is 10.00. The molecule has 0 radical (unpaired) electrons. The van der Waals surface area contributed by atoms with E-state index in [2.05, 4.69) is 44.9 Å². The Morgan fingerprint density at radius 2 is 2.00 bits per heavy atom. The number of primary amides is 1. The van der Waals surface area contributed by atoms with Gasteiger partial charge in [-0.15, -0.1) is 0 Å². The topological polar surface area (TPSA) is 98.3 Å². The van der Waals surface area contributed by atoms with E-state index in [1.54, 1.807) is 0 Å². The van der Waals surface area contributed by atoms with Crippen LogP contribution in [-0.4, -0.2) is 49.0 Å². The number of rotatable bonds is 8. The molecule has 160 valence electrons. The number of nitrogens with two attached hydrogens (primary N) is 1. The summed E-state index contributed by atoms with van der Waals surface area (Å²) in [5, 5.41) is 13.6. The third-order valence-corrected chi connectivity index (χ3v) is 6.36. The number of nitrogens with one attached hydrogen (secondary N) is 1. The molecular weight excluding hydrogens is 396 g/mol. The molecule has 0 bridgehead atoms. The molecule has 3 N–H and O–H groups in total. The van der Waals surface area contributed by atoms with Gasteiger partial charge >= 0.3 is 0 Å². The summed E-state index contributed by atoms with van der Waals surface area (Å²) in [6.45, 7) is 10.1. The van der Waals surface area contributed by atoms with Crippen molar-refractivity contribution in [1.82, 2.24) is 9.69 Å². The second-order valence-electron chi connectivity index (χ2n) is 8.07. The van der Waals surface area contributed by atoms with E-state index in [9.17, 15) is 10.1 Å². The number of carbonyl (C=O) groups is 1. The molecule has 1 aromatic carbocycles. The zero-order valence-corrected chi connectivity index (χ0v) is 18.7. The lowest BCUT2D eigenvalue weighted by Gasteiger charge is -2.30. The van der Waals surface area contributed by atoms with Crippen LogP contribution in [0.15, 0.2) is 24.3 Å². The minimum Gasteiger partial charge on any atom is -0.369 e. The number of anilines is 2. The van der Waals surface area contributed by atoms with Crippen LogP contribution in [0.1, 0.15) is 26.0 Å². The molecule has 1 aliphatic rings. The number of amides is 1. The molecule has 0 aliphatic carbocycles. The summed E-state index contributed by atoms with van der Waals surface area (Å²) in [5.74, 6) is -0.135. The number of carbonyl (C=O) groups excluding carboxylic acids is 1. The van der Waals surface area contributed by atoms with Crippen molar-refractivity contribution in [2.45, 2.75) is 33.2 Å². The summed E-state index contributed by atoms with van der Waals surface area (Å²) in [4.78, 5) is 16.4. The molecule has 30 heavy (non-hydrogen) atoms. The number of piperazine rings is 1. The lowest BCUT2D eigenvalue weighted by molar-refractivity contribution is -0.119. The normalized spacial score (nSPS) is 15.1. The number of benzene rings is 1. The second-order valence-corrected chi connectivity index (χ2v) is 8.82. The Morgan fingerprint density at radius 3 is 2.57 bits per heavy atom. The first-order valence-corrected chi connectivity index (χ1v) is 11.1. The maximum atomic E-state index is 12.2. The maximum absolute atomic E-state index is 12.2. The van der Waals surface area contributed by atoms with Crippen molar-refractivity contribution in [3.63, 3.8) is 0 Å². The molecule has 8 heteroatoms. The molecule has 2 heterocycles. The number of hydrogen-bond donors (Lipinski definition) is 2. The van der Waals surface area contributed by atoms with Gasteiger partial charge in [0.05, 0.1) is 11.8 Å². The quantitative estimate of drug-likeness (QED) is 0.630. The largest absolute Gasteiger partial charge is 0.369 e. The van der Waals surface area contributed by atoms with Crippen molar-refractivity contribution in [2.75, 3.05) is 42.5 Å². The van der Waals surface area contributed by atoms with Gasteiger partial charge in [0.2, 0.25) is 5.91 Å². The fourth-order valence-electron chi connectivity index (χ4n) is 3.89. The minimum absolute atomic E-state index is 0.0911. The van der Waals surface area contributed by atoms with Gasteiger partial charge in [-0.05, 0) is 48.5 Å². The van der Waals surface area contributed by atoms with E-state index in [0.29, 0.717) is 6.42 Å². The third-order valence-electron chi connectivity index (χ3n) is 5.38. The van der Waals surface area contributed by atoms with Gasteiger partial charge < -0.3 is 20.9 Å². The van der Waals surface area contributed by atoms with Crippen LogP contribution in [0.25, 0.3) is 11.1 Å². The average Bonchev–Trinajstić information content (AvgIpc) is 3.12. The maximum Gasteiger partial charge on any atom is 0.240 e. The van der Waals surface area contributed by atoms with Crippen molar-refractivity contribution >= 4 is 28.1 Å². The van der Waals surface area contributed by atoms with Crippen molar-refractivity contribution in [3.05, 3.63) is 30.0 Å². The molecule has 1 saturated heterocycles. The summed E-state index contributed by atoms with van der Waals surface area (Å²) in [6, 6.07) is 10.1. The van der Waals surface area contributed by atoms with Crippen molar-refractivity contribution in [3.8, 4) is 17.2 Å². The van der Waals surface area contributed by atoms with Crippen LogP contribution in [0.5, 0.6) is 0 Å². The van der Waals surface area contributed by atoms with Gasteiger partial charge in [0.15, 0.2) is 0 Å².